The van der Waals surface area contributed by atoms with Gasteiger partial charge in [-0.05, 0) is 12.1 Å². The van der Waals surface area contributed by atoms with E-state index in [4.69, 9.17) is 9.84 Å². The Balaban J connectivity index is 2.73. The van der Waals surface area contributed by atoms with Crippen LogP contribution in [0.1, 0.15) is 10.4 Å². The largest absolute Gasteiger partial charge is 0.487 e. The molecule has 4 heteroatoms. The molecule has 0 aliphatic rings. The summed E-state index contributed by atoms with van der Waals surface area (Å²) in [6.07, 6.45) is 0. The zero-order valence-electron chi connectivity index (χ0n) is 7.48. The van der Waals surface area contributed by atoms with E-state index in [1.54, 1.807) is 25.3 Å². The van der Waals surface area contributed by atoms with Gasteiger partial charge in [-0.3, -0.25) is 0 Å². The Kier molecular flexibility index (Phi) is 2.13. The lowest BCUT2D eigenvalue weighted by Gasteiger charge is -1.94. The highest BCUT2D eigenvalue weighted by molar-refractivity contribution is 7.20. The molecule has 0 aliphatic heterocycles. The van der Waals surface area contributed by atoms with Gasteiger partial charge >= 0.3 is 5.97 Å². The molecule has 0 amide bonds. The first-order valence-corrected chi connectivity index (χ1v) is 4.84. The zero-order chi connectivity index (χ0) is 10.1. The summed E-state index contributed by atoms with van der Waals surface area (Å²) in [6, 6.07) is 6.97. The third kappa shape index (κ3) is 1.33. The maximum absolute atomic E-state index is 10.9. The Morgan fingerprint density at radius 3 is 2.93 bits per heavy atom. The van der Waals surface area contributed by atoms with Crippen LogP contribution in [0.25, 0.3) is 10.1 Å². The average molecular weight is 208 g/mol. The number of benzene rings is 1. The summed E-state index contributed by atoms with van der Waals surface area (Å²) in [4.78, 5) is 10.9. The first-order chi connectivity index (χ1) is 6.72. The summed E-state index contributed by atoms with van der Waals surface area (Å²) in [7, 11) is 1.57. The van der Waals surface area contributed by atoms with Crippen molar-refractivity contribution in [3.8, 4) is 5.06 Å². The number of methoxy groups -OCH3 is 1. The summed E-state index contributed by atoms with van der Waals surface area (Å²) in [5, 5.41) is 10.4. The van der Waals surface area contributed by atoms with Crippen LogP contribution in [0.4, 0.5) is 0 Å². The third-order valence-electron chi connectivity index (χ3n) is 1.97. The Hall–Kier alpha value is -1.55. The fourth-order valence-electron chi connectivity index (χ4n) is 1.32. The number of carboxylic acid groups (broad SMARTS) is 1. The Labute approximate surface area is 84.6 Å². The number of fused-ring (bicyclic) bond motifs is 1. The van der Waals surface area contributed by atoms with E-state index in [0.29, 0.717) is 5.56 Å². The van der Waals surface area contributed by atoms with E-state index in [0.717, 1.165) is 15.1 Å². The number of rotatable bonds is 2. The second-order valence-electron chi connectivity index (χ2n) is 2.79. The molecular formula is C10H8O3S. The number of ether oxygens (including phenoxy) is 1. The van der Waals surface area contributed by atoms with Gasteiger partial charge in [0.15, 0.2) is 5.06 Å². The van der Waals surface area contributed by atoms with Crippen molar-refractivity contribution in [3.05, 3.63) is 29.8 Å². The predicted molar refractivity (Wildman–Crippen MR) is 55.3 cm³/mol. The highest BCUT2D eigenvalue weighted by Gasteiger charge is 2.10. The number of hydrogen-bond donors (Lipinski definition) is 1. The topological polar surface area (TPSA) is 46.5 Å². The molecular weight excluding hydrogens is 200 g/mol. The molecule has 0 unspecified atom stereocenters. The molecule has 0 radical (unpaired) electrons. The highest BCUT2D eigenvalue weighted by atomic mass is 32.1. The molecule has 1 aromatic carbocycles. The lowest BCUT2D eigenvalue weighted by Crippen LogP contribution is -1.95. The maximum atomic E-state index is 10.9. The van der Waals surface area contributed by atoms with Crippen molar-refractivity contribution in [3.63, 3.8) is 0 Å². The van der Waals surface area contributed by atoms with Crippen LogP contribution in [-0.4, -0.2) is 18.2 Å². The molecule has 14 heavy (non-hydrogen) atoms. The smallest absolute Gasteiger partial charge is 0.336 e. The van der Waals surface area contributed by atoms with Crippen molar-refractivity contribution in [2.45, 2.75) is 0 Å². The Morgan fingerprint density at radius 1 is 1.50 bits per heavy atom. The molecule has 3 nitrogen and oxygen atoms in total. The van der Waals surface area contributed by atoms with Crippen LogP contribution in [0, 0.1) is 0 Å². The van der Waals surface area contributed by atoms with E-state index in [9.17, 15) is 4.79 Å². The van der Waals surface area contributed by atoms with Gasteiger partial charge in [0, 0.05) is 16.2 Å². The van der Waals surface area contributed by atoms with Crippen LogP contribution in [-0.2, 0) is 0 Å². The summed E-state index contributed by atoms with van der Waals surface area (Å²) in [6.45, 7) is 0. The summed E-state index contributed by atoms with van der Waals surface area (Å²) < 4.78 is 5.99. The summed E-state index contributed by atoms with van der Waals surface area (Å²) >= 11 is 1.44. The SMILES string of the molecule is COc1cc2c(C(=O)O)cccc2s1. The molecule has 0 spiro atoms. The molecule has 0 fully saturated rings. The molecule has 0 saturated carbocycles. The van der Waals surface area contributed by atoms with E-state index in [2.05, 4.69) is 0 Å². The molecule has 1 N–H and O–H groups in total. The number of carbonyl (C=O) groups is 1. The van der Waals surface area contributed by atoms with Crippen LogP contribution < -0.4 is 4.74 Å². The lowest BCUT2D eigenvalue weighted by molar-refractivity contribution is 0.0699. The van der Waals surface area contributed by atoms with Crippen molar-refractivity contribution < 1.29 is 14.6 Å². The first kappa shape index (κ1) is 9.02. The van der Waals surface area contributed by atoms with Crippen LogP contribution in [0.2, 0.25) is 0 Å². The van der Waals surface area contributed by atoms with Gasteiger partial charge in [0.1, 0.15) is 0 Å². The maximum Gasteiger partial charge on any atom is 0.336 e. The first-order valence-electron chi connectivity index (χ1n) is 4.02. The summed E-state index contributed by atoms with van der Waals surface area (Å²) in [5.41, 5.74) is 0.321. The number of hydrogen-bond acceptors (Lipinski definition) is 3. The van der Waals surface area contributed by atoms with E-state index < -0.39 is 5.97 Å². The molecule has 2 aromatic rings. The normalized spacial score (nSPS) is 10.4. The van der Waals surface area contributed by atoms with Crippen molar-refractivity contribution in [2.24, 2.45) is 0 Å². The minimum Gasteiger partial charge on any atom is -0.487 e. The molecule has 0 atom stereocenters. The van der Waals surface area contributed by atoms with Crippen LogP contribution in [0.3, 0.4) is 0 Å². The second-order valence-corrected chi connectivity index (χ2v) is 3.84. The van der Waals surface area contributed by atoms with Gasteiger partial charge in [-0.25, -0.2) is 4.79 Å². The van der Waals surface area contributed by atoms with Gasteiger partial charge in [-0.1, -0.05) is 17.4 Å². The minimum absolute atomic E-state index is 0.321. The van der Waals surface area contributed by atoms with E-state index in [1.807, 2.05) is 6.07 Å². The minimum atomic E-state index is -0.906. The monoisotopic (exact) mass is 208 g/mol. The van der Waals surface area contributed by atoms with Gasteiger partial charge < -0.3 is 9.84 Å². The molecule has 0 aliphatic carbocycles. The number of aromatic carboxylic acids is 1. The van der Waals surface area contributed by atoms with Gasteiger partial charge in [-0.15, -0.1) is 0 Å². The molecule has 2 rings (SSSR count). The van der Waals surface area contributed by atoms with E-state index in [1.165, 1.54) is 11.3 Å². The third-order valence-corrected chi connectivity index (χ3v) is 3.03. The quantitative estimate of drug-likeness (QED) is 0.825. The summed E-state index contributed by atoms with van der Waals surface area (Å²) in [5.74, 6) is -0.906. The van der Waals surface area contributed by atoms with Gasteiger partial charge in [0.05, 0.1) is 12.7 Å². The highest BCUT2D eigenvalue weighted by Crippen LogP contribution is 2.33. The van der Waals surface area contributed by atoms with Crippen LogP contribution in [0.15, 0.2) is 24.3 Å². The van der Waals surface area contributed by atoms with Gasteiger partial charge in [-0.2, -0.15) is 0 Å². The lowest BCUT2D eigenvalue weighted by atomic mass is 10.1. The van der Waals surface area contributed by atoms with E-state index >= 15 is 0 Å². The molecule has 0 saturated heterocycles. The van der Waals surface area contributed by atoms with Crippen molar-refractivity contribution >= 4 is 27.4 Å². The van der Waals surface area contributed by atoms with Crippen molar-refractivity contribution in [1.82, 2.24) is 0 Å². The fourth-order valence-corrected chi connectivity index (χ4v) is 2.23. The molecule has 1 heterocycles. The second kappa shape index (κ2) is 3.31. The van der Waals surface area contributed by atoms with Crippen LogP contribution in [0.5, 0.6) is 5.06 Å². The predicted octanol–water partition coefficient (Wildman–Crippen LogP) is 2.61. The van der Waals surface area contributed by atoms with Crippen molar-refractivity contribution in [2.75, 3.05) is 7.11 Å². The Bertz CT molecular complexity index is 487. The van der Waals surface area contributed by atoms with E-state index in [-0.39, 0.29) is 0 Å². The number of thiophene rings is 1. The van der Waals surface area contributed by atoms with Gasteiger partial charge in [0.2, 0.25) is 0 Å². The number of carboxylic acids is 1. The standard InChI is InChI=1S/C10H8O3S/c1-13-9-5-7-6(10(11)12)3-2-4-8(7)14-9/h2-5H,1H3,(H,11,12). The van der Waals surface area contributed by atoms with Crippen molar-refractivity contribution in [1.29, 1.82) is 0 Å². The Morgan fingerprint density at radius 2 is 2.29 bits per heavy atom. The molecule has 0 bridgehead atoms. The molecule has 1 aromatic heterocycles. The zero-order valence-corrected chi connectivity index (χ0v) is 8.30. The molecule has 72 valence electrons. The average Bonchev–Trinajstić information content (AvgIpc) is 2.59. The van der Waals surface area contributed by atoms with Gasteiger partial charge in [0.25, 0.3) is 0 Å². The van der Waals surface area contributed by atoms with Crippen LogP contribution >= 0.6 is 11.3 Å². The fraction of sp³-hybridized carbons (Fsp3) is 0.100.